The highest BCUT2D eigenvalue weighted by atomic mass is 15.1. The number of para-hydroxylation sites is 3. The number of hydrogen-bond donors (Lipinski definition) is 0. The van der Waals surface area contributed by atoms with Gasteiger partial charge in [0, 0.05) is 56.0 Å². The first kappa shape index (κ1) is 61.8. The lowest BCUT2D eigenvalue weighted by molar-refractivity contribution is 0.397. The first-order valence-electron chi connectivity index (χ1n) is 34.8. The van der Waals surface area contributed by atoms with Crippen LogP contribution in [0.2, 0.25) is 0 Å². The molecule has 0 saturated heterocycles. The van der Waals surface area contributed by atoms with E-state index in [1.807, 2.05) is 0 Å². The van der Waals surface area contributed by atoms with E-state index in [4.69, 9.17) is 0 Å². The van der Waals surface area contributed by atoms with Gasteiger partial charge >= 0.3 is 0 Å². The fraction of sp³-hybridized carbons (Fsp3) is 0.310. The van der Waals surface area contributed by atoms with Crippen LogP contribution in [0.1, 0.15) is 177 Å². The van der Waals surface area contributed by atoms with Gasteiger partial charge in [0.2, 0.25) is 0 Å². The smallest absolute Gasteiger partial charge is 0.0547 e. The molecule has 0 spiro atoms. The Hall–Kier alpha value is -8.40. The van der Waals surface area contributed by atoms with Crippen molar-refractivity contribution in [2.24, 2.45) is 0 Å². The Labute approximate surface area is 539 Å². The minimum Gasteiger partial charge on any atom is -0.311 e. The highest BCUT2D eigenvalue weighted by molar-refractivity contribution is 6.10. The van der Waals surface area contributed by atoms with Crippen LogP contribution < -0.4 is 9.80 Å². The maximum Gasteiger partial charge on any atom is 0.0547 e. The maximum atomic E-state index is 2.63. The Morgan fingerprint density at radius 3 is 1.17 bits per heavy atom. The number of aromatic nitrogens is 1. The molecule has 0 amide bonds. The Bertz CT molecular complexity index is 3980. The predicted octanol–water partition coefficient (Wildman–Crippen LogP) is 26.6. The molecule has 0 aliphatic heterocycles. The molecule has 1 heterocycles. The van der Waals surface area contributed by atoms with Crippen molar-refractivity contribution in [3.63, 3.8) is 0 Å². The van der Waals surface area contributed by atoms with Crippen LogP contribution in [-0.2, 0) is 5.41 Å². The van der Waals surface area contributed by atoms with Crippen LogP contribution in [0.3, 0.4) is 0 Å². The number of rotatable bonds is 31. The van der Waals surface area contributed by atoms with Crippen molar-refractivity contribution < 1.29 is 0 Å². The van der Waals surface area contributed by atoms with Gasteiger partial charge in [-0.05, 0) is 174 Å². The topological polar surface area (TPSA) is 11.4 Å². The molecule has 0 bridgehead atoms. The normalized spacial score (nSPS) is 12.4. The second kappa shape index (κ2) is 29.9. The molecule has 0 saturated carbocycles. The van der Waals surface area contributed by atoms with Crippen molar-refractivity contribution in [2.45, 2.75) is 174 Å². The average Bonchev–Trinajstić information content (AvgIpc) is 1.59. The van der Waals surface area contributed by atoms with E-state index in [-0.39, 0.29) is 5.41 Å². The van der Waals surface area contributed by atoms with Crippen molar-refractivity contribution in [1.82, 2.24) is 4.57 Å². The minimum absolute atomic E-state index is 0.0344. The van der Waals surface area contributed by atoms with Crippen molar-refractivity contribution in [3.05, 3.63) is 259 Å². The van der Waals surface area contributed by atoms with Crippen LogP contribution in [0.5, 0.6) is 0 Å². The summed E-state index contributed by atoms with van der Waals surface area (Å²) in [5.74, 6) is 0. The lowest BCUT2D eigenvalue weighted by atomic mass is 9.70. The second-order valence-electron chi connectivity index (χ2n) is 26.1. The SMILES string of the molecule is CCCCCCCCCCCCC1(CCCCCCCCCCCC)c2cc(C)ccc2-c2ccc(-c3ccc(N(c4ccc(C)cc4)c4ccc(-c5ccc6c7ccccc7n(-c7ccc(N(c8ccccc8)c8ccccc8)cc7)c6c5)cc4)cc3)cc21. The third-order valence-electron chi connectivity index (χ3n) is 19.7. The quantitative estimate of drug-likeness (QED) is 0.0401. The molecule has 90 heavy (non-hydrogen) atoms. The van der Waals surface area contributed by atoms with Gasteiger partial charge in [0.25, 0.3) is 0 Å². The lowest BCUT2D eigenvalue weighted by Gasteiger charge is -2.33. The van der Waals surface area contributed by atoms with Crippen LogP contribution in [0, 0.1) is 13.8 Å². The Kier molecular flexibility index (Phi) is 20.6. The Morgan fingerprint density at radius 1 is 0.289 bits per heavy atom. The molecule has 3 heteroatoms. The van der Waals surface area contributed by atoms with Gasteiger partial charge in [-0.1, -0.05) is 287 Å². The highest BCUT2D eigenvalue weighted by Gasteiger charge is 2.42. The van der Waals surface area contributed by atoms with E-state index in [1.165, 1.54) is 208 Å². The van der Waals surface area contributed by atoms with E-state index >= 15 is 0 Å². The van der Waals surface area contributed by atoms with Gasteiger partial charge in [-0.15, -0.1) is 0 Å². The summed E-state index contributed by atoms with van der Waals surface area (Å²) in [5, 5.41) is 2.49. The van der Waals surface area contributed by atoms with Crippen LogP contribution in [-0.4, -0.2) is 4.57 Å². The molecule has 0 atom stereocenters. The summed E-state index contributed by atoms with van der Waals surface area (Å²) in [4.78, 5) is 4.74. The number of hydrogen-bond acceptors (Lipinski definition) is 2. The number of fused-ring (bicyclic) bond motifs is 6. The second-order valence-corrected chi connectivity index (χ2v) is 26.1. The fourth-order valence-corrected chi connectivity index (χ4v) is 14.8. The number of nitrogens with zero attached hydrogens (tertiary/aromatic N) is 3. The average molecular weight is 1180 g/mol. The van der Waals surface area contributed by atoms with E-state index < -0.39 is 0 Å². The largest absolute Gasteiger partial charge is 0.311 e. The summed E-state index contributed by atoms with van der Waals surface area (Å²) in [6.45, 7) is 9.13. The molecule has 11 aromatic rings. The van der Waals surface area contributed by atoms with Gasteiger partial charge in [-0.3, -0.25) is 0 Å². The number of benzene rings is 10. The molecule has 0 N–H and O–H groups in total. The minimum atomic E-state index is 0.0344. The summed E-state index contributed by atoms with van der Waals surface area (Å²) in [5.41, 5.74) is 24.0. The monoisotopic (exact) mass is 1180 g/mol. The maximum absolute atomic E-state index is 2.63. The Balaban J connectivity index is 0.818. The van der Waals surface area contributed by atoms with Crippen molar-refractivity contribution in [2.75, 3.05) is 9.80 Å². The summed E-state index contributed by atoms with van der Waals surface area (Å²) in [6, 6.07) is 88.7. The van der Waals surface area contributed by atoms with Crippen LogP contribution in [0.15, 0.2) is 237 Å². The molecule has 1 aliphatic carbocycles. The molecule has 0 fully saturated rings. The number of anilines is 6. The molecule has 0 unspecified atom stereocenters. The molecule has 1 aliphatic rings. The molecule has 3 nitrogen and oxygen atoms in total. The van der Waals surface area contributed by atoms with Gasteiger partial charge in [-0.2, -0.15) is 0 Å². The van der Waals surface area contributed by atoms with Crippen molar-refractivity contribution in [1.29, 1.82) is 0 Å². The van der Waals surface area contributed by atoms with E-state index in [0.29, 0.717) is 0 Å². The van der Waals surface area contributed by atoms with Gasteiger partial charge in [-0.25, -0.2) is 0 Å². The summed E-state index contributed by atoms with van der Waals surface area (Å²) in [6.07, 6.45) is 29.8. The summed E-state index contributed by atoms with van der Waals surface area (Å²) >= 11 is 0. The zero-order valence-corrected chi connectivity index (χ0v) is 54.4. The predicted molar refractivity (Wildman–Crippen MR) is 390 cm³/mol. The molecular weight excluding hydrogens is 1090 g/mol. The van der Waals surface area contributed by atoms with Crippen LogP contribution in [0.4, 0.5) is 34.1 Å². The molecular formula is C87H95N3. The first-order valence-corrected chi connectivity index (χ1v) is 34.8. The number of unbranched alkanes of at least 4 members (excludes halogenated alkanes) is 18. The van der Waals surface area contributed by atoms with E-state index in [1.54, 1.807) is 11.1 Å². The van der Waals surface area contributed by atoms with Gasteiger partial charge in [0.05, 0.1) is 11.0 Å². The third kappa shape index (κ3) is 14.0. The van der Waals surface area contributed by atoms with E-state index in [2.05, 4.69) is 279 Å². The molecule has 0 radical (unpaired) electrons. The molecule has 12 rings (SSSR count). The fourth-order valence-electron chi connectivity index (χ4n) is 14.8. The number of aryl methyl sites for hydroxylation is 2. The first-order chi connectivity index (χ1) is 44.4. The standard InChI is InChI=1S/C87H95N3/c1-5-7-9-11-13-15-17-19-21-31-61-87(62-32-22-20-18-16-14-12-10-8-6-2)83-63-67(4)41-58-79(83)80-59-46-70(64-84(80)87)68-42-50-75(51-43-68)89(74-48-39-66(3)40-49-74)76-52-44-69(45-53-76)71-47-60-82-81-37-29-30-38-85(81)90(86(82)65-71)78-56-54-77(55-57-78)88(72-33-25-23-26-34-72)73-35-27-24-28-36-73/h23-30,33-60,63-65H,5-22,31-32,61-62H2,1-4H3. The van der Waals surface area contributed by atoms with Crippen LogP contribution >= 0.6 is 0 Å². The lowest BCUT2D eigenvalue weighted by Crippen LogP contribution is -2.25. The summed E-state index contributed by atoms with van der Waals surface area (Å²) < 4.78 is 2.43. The summed E-state index contributed by atoms with van der Waals surface area (Å²) in [7, 11) is 0. The van der Waals surface area contributed by atoms with E-state index in [9.17, 15) is 0 Å². The van der Waals surface area contributed by atoms with Gasteiger partial charge in [0.15, 0.2) is 0 Å². The zero-order chi connectivity index (χ0) is 61.5. The zero-order valence-electron chi connectivity index (χ0n) is 54.4. The molecule has 1 aromatic heterocycles. The molecule has 10 aromatic carbocycles. The van der Waals surface area contributed by atoms with Crippen molar-refractivity contribution in [3.8, 4) is 39.1 Å². The Morgan fingerprint density at radius 2 is 0.656 bits per heavy atom. The van der Waals surface area contributed by atoms with Gasteiger partial charge < -0.3 is 14.4 Å². The third-order valence-corrected chi connectivity index (χ3v) is 19.7. The highest BCUT2D eigenvalue weighted by Crippen LogP contribution is 2.55. The van der Waals surface area contributed by atoms with Crippen molar-refractivity contribution >= 4 is 55.9 Å². The van der Waals surface area contributed by atoms with E-state index in [0.717, 1.165) is 39.8 Å². The van der Waals surface area contributed by atoms with Gasteiger partial charge in [0.1, 0.15) is 0 Å². The molecule has 458 valence electrons. The van der Waals surface area contributed by atoms with Crippen LogP contribution in [0.25, 0.3) is 60.9 Å².